The maximum Gasteiger partial charge on any atom is 0.416 e. The van der Waals surface area contributed by atoms with Crippen LogP contribution in [0.4, 0.5) is 13.2 Å². The lowest BCUT2D eigenvalue weighted by Crippen LogP contribution is -2.34. The number of ether oxygens (including phenoxy) is 1. The van der Waals surface area contributed by atoms with Gasteiger partial charge in [0.1, 0.15) is 0 Å². The Morgan fingerprint density at radius 2 is 1.73 bits per heavy atom. The zero-order chi connectivity index (χ0) is 16.4. The highest BCUT2D eigenvalue weighted by molar-refractivity contribution is 7.89. The Morgan fingerprint density at radius 1 is 1.18 bits per heavy atom. The van der Waals surface area contributed by atoms with Gasteiger partial charge in [0.15, 0.2) is 0 Å². The van der Waals surface area contributed by atoms with E-state index in [1.807, 2.05) is 0 Å². The molecule has 22 heavy (non-hydrogen) atoms. The van der Waals surface area contributed by atoms with Crippen LogP contribution >= 0.6 is 0 Å². The fourth-order valence-electron chi connectivity index (χ4n) is 2.39. The first-order valence-electron chi connectivity index (χ1n) is 6.92. The predicted molar refractivity (Wildman–Crippen MR) is 74.8 cm³/mol. The number of alkyl halides is 3. The zero-order valence-corrected chi connectivity index (χ0v) is 13.0. The summed E-state index contributed by atoms with van der Waals surface area (Å²) in [6.45, 7) is 1.56. The number of nitrogens with zero attached hydrogens (tertiary/aromatic N) is 1. The monoisotopic (exact) mass is 337 g/mol. The van der Waals surface area contributed by atoms with E-state index >= 15 is 0 Å². The molecule has 0 atom stereocenters. The van der Waals surface area contributed by atoms with Gasteiger partial charge < -0.3 is 4.74 Å². The van der Waals surface area contributed by atoms with Crippen molar-refractivity contribution in [3.63, 3.8) is 0 Å². The van der Waals surface area contributed by atoms with Crippen molar-refractivity contribution in [3.8, 4) is 0 Å². The van der Waals surface area contributed by atoms with Gasteiger partial charge in [-0.1, -0.05) is 0 Å². The lowest BCUT2D eigenvalue weighted by atomic mass is 10.0. The molecule has 1 saturated heterocycles. The average molecular weight is 337 g/mol. The van der Waals surface area contributed by atoms with Gasteiger partial charge in [-0.15, -0.1) is 0 Å². The first kappa shape index (κ1) is 17.2. The predicted octanol–water partition coefficient (Wildman–Crippen LogP) is 2.75. The van der Waals surface area contributed by atoms with Crippen LogP contribution < -0.4 is 0 Å². The van der Waals surface area contributed by atoms with Gasteiger partial charge in [-0.2, -0.15) is 13.2 Å². The second kappa shape index (κ2) is 6.55. The van der Waals surface area contributed by atoms with Gasteiger partial charge in [0.25, 0.3) is 0 Å². The Kier molecular flexibility index (Phi) is 5.14. The first-order chi connectivity index (χ1) is 10.2. The van der Waals surface area contributed by atoms with E-state index in [4.69, 9.17) is 4.74 Å². The van der Waals surface area contributed by atoms with Crippen LogP contribution in [-0.2, 0) is 20.9 Å². The molecule has 1 heterocycles. The maximum atomic E-state index is 12.5. The van der Waals surface area contributed by atoms with Crippen molar-refractivity contribution in [2.75, 3.05) is 26.8 Å². The van der Waals surface area contributed by atoms with Crippen LogP contribution in [0.2, 0.25) is 0 Å². The van der Waals surface area contributed by atoms with Crippen LogP contribution in [-0.4, -0.2) is 39.5 Å². The van der Waals surface area contributed by atoms with Crippen molar-refractivity contribution in [1.82, 2.24) is 4.31 Å². The van der Waals surface area contributed by atoms with E-state index in [9.17, 15) is 21.6 Å². The van der Waals surface area contributed by atoms with Gasteiger partial charge in [0.05, 0.1) is 10.5 Å². The van der Waals surface area contributed by atoms with Crippen LogP contribution in [0, 0.1) is 5.92 Å². The molecule has 0 radical (unpaired) electrons. The van der Waals surface area contributed by atoms with Crippen molar-refractivity contribution in [2.45, 2.75) is 23.9 Å². The molecule has 0 N–H and O–H groups in total. The van der Waals surface area contributed by atoms with Gasteiger partial charge in [-0.25, -0.2) is 12.7 Å². The Balaban J connectivity index is 2.11. The Labute approximate surface area is 127 Å². The number of hydrogen-bond acceptors (Lipinski definition) is 3. The Bertz CT molecular complexity index is 593. The second-order valence-corrected chi connectivity index (χ2v) is 7.41. The molecule has 124 valence electrons. The van der Waals surface area contributed by atoms with Crippen LogP contribution in [0.5, 0.6) is 0 Å². The summed E-state index contributed by atoms with van der Waals surface area (Å²) in [4.78, 5) is -0.130. The molecule has 2 rings (SSSR count). The summed E-state index contributed by atoms with van der Waals surface area (Å²) >= 11 is 0. The van der Waals surface area contributed by atoms with Crippen molar-refractivity contribution < 1.29 is 26.3 Å². The second-order valence-electron chi connectivity index (χ2n) is 5.36. The lowest BCUT2D eigenvalue weighted by molar-refractivity contribution is -0.137. The van der Waals surface area contributed by atoms with Gasteiger partial charge in [0, 0.05) is 26.8 Å². The number of sulfonamides is 1. The van der Waals surface area contributed by atoms with E-state index in [1.165, 1.54) is 11.4 Å². The highest BCUT2D eigenvalue weighted by atomic mass is 32.2. The van der Waals surface area contributed by atoms with Crippen molar-refractivity contribution in [3.05, 3.63) is 29.8 Å². The van der Waals surface area contributed by atoms with Gasteiger partial charge >= 0.3 is 6.18 Å². The molecule has 0 saturated carbocycles. The SMILES string of the molecule is CN(CC1CCOCC1)S(=O)(=O)c1ccc(C(F)(F)F)cc1. The minimum atomic E-state index is -4.48. The third-order valence-electron chi connectivity index (χ3n) is 3.75. The van der Waals surface area contributed by atoms with E-state index in [-0.39, 0.29) is 10.8 Å². The Morgan fingerprint density at radius 3 is 2.23 bits per heavy atom. The van der Waals surface area contributed by atoms with Crippen molar-refractivity contribution in [1.29, 1.82) is 0 Å². The minimum absolute atomic E-state index is 0.130. The van der Waals surface area contributed by atoms with E-state index in [0.29, 0.717) is 19.8 Å². The standard InChI is InChI=1S/C14H18F3NO3S/c1-18(10-11-6-8-21-9-7-11)22(19,20)13-4-2-12(3-5-13)14(15,16)17/h2-5,11H,6-10H2,1H3. The topological polar surface area (TPSA) is 46.6 Å². The summed E-state index contributed by atoms with van der Waals surface area (Å²) in [5, 5.41) is 0. The molecule has 1 aromatic rings. The van der Waals surface area contributed by atoms with Crippen LogP contribution in [0.3, 0.4) is 0 Å². The van der Waals surface area contributed by atoms with Crippen molar-refractivity contribution in [2.24, 2.45) is 5.92 Å². The molecular weight excluding hydrogens is 319 g/mol. The summed E-state index contributed by atoms with van der Waals surface area (Å²) in [5.74, 6) is 0.211. The molecule has 4 nitrogen and oxygen atoms in total. The fraction of sp³-hybridized carbons (Fsp3) is 0.571. The molecule has 0 aromatic heterocycles. The van der Waals surface area contributed by atoms with E-state index < -0.39 is 21.8 Å². The minimum Gasteiger partial charge on any atom is -0.381 e. The molecule has 1 aromatic carbocycles. The highest BCUT2D eigenvalue weighted by Crippen LogP contribution is 2.30. The van der Waals surface area contributed by atoms with Crippen molar-refractivity contribution >= 4 is 10.0 Å². The lowest BCUT2D eigenvalue weighted by Gasteiger charge is -2.26. The smallest absolute Gasteiger partial charge is 0.381 e. The molecule has 1 aliphatic rings. The van der Waals surface area contributed by atoms with Crippen LogP contribution in [0.25, 0.3) is 0 Å². The number of hydrogen-bond donors (Lipinski definition) is 0. The third kappa shape index (κ3) is 3.99. The van der Waals surface area contributed by atoms with E-state index in [1.54, 1.807) is 0 Å². The van der Waals surface area contributed by atoms with E-state index in [2.05, 4.69) is 0 Å². The van der Waals surface area contributed by atoms with Crippen LogP contribution in [0.15, 0.2) is 29.2 Å². The number of rotatable bonds is 4. The molecule has 1 aliphatic heterocycles. The van der Waals surface area contributed by atoms with E-state index in [0.717, 1.165) is 37.1 Å². The normalized spacial score (nSPS) is 17.9. The molecular formula is C14H18F3NO3S. The average Bonchev–Trinajstić information content (AvgIpc) is 2.47. The fourth-order valence-corrected chi connectivity index (χ4v) is 3.63. The van der Waals surface area contributed by atoms with Gasteiger partial charge in [-0.05, 0) is 43.0 Å². The first-order valence-corrected chi connectivity index (χ1v) is 8.36. The van der Waals surface area contributed by atoms with Gasteiger partial charge in [0.2, 0.25) is 10.0 Å². The maximum absolute atomic E-state index is 12.5. The largest absolute Gasteiger partial charge is 0.416 e. The molecule has 0 bridgehead atoms. The molecule has 8 heteroatoms. The summed E-state index contributed by atoms with van der Waals surface area (Å²) < 4.78 is 68.7. The highest BCUT2D eigenvalue weighted by Gasteiger charge is 2.31. The molecule has 0 amide bonds. The molecule has 0 aliphatic carbocycles. The summed E-state index contributed by atoms with van der Waals surface area (Å²) in [7, 11) is -2.33. The molecule has 1 fully saturated rings. The Hall–Kier alpha value is -1.12. The summed E-state index contributed by atoms with van der Waals surface area (Å²) in [6, 6.07) is 3.57. The summed E-state index contributed by atoms with van der Waals surface area (Å²) in [5.41, 5.74) is -0.862. The molecule has 0 unspecified atom stereocenters. The number of halogens is 3. The quantitative estimate of drug-likeness (QED) is 0.849. The number of benzene rings is 1. The van der Waals surface area contributed by atoms with Crippen LogP contribution in [0.1, 0.15) is 18.4 Å². The summed E-state index contributed by atoms with van der Waals surface area (Å²) in [6.07, 6.45) is -2.91. The molecule has 0 spiro atoms. The third-order valence-corrected chi connectivity index (χ3v) is 5.58. The van der Waals surface area contributed by atoms with Gasteiger partial charge in [-0.3, -0.25) is 0 Å². The zero-order valence-electron chi connectivity index (χ0n) is 12.1.